The smallest absolute Gasteiger partial charge is 0.335 e. The molecule has 4 aromatic rings. The van der Waals surface area contributed by atoms with Crippen LogP contribution in [0.15, 0.2) is 77.7 Å². The predicted molar refractivity (Wildman–Crippen MR) is 125 cm³/mol. The van der Waals surface area contributed by atoms with E-state index in [2.05, 4.69) is 15.2 Å². The molecule has 0 aliphatic heterocycles. The third-order valence-electron chi connectivity index (χ3n) is 5.38. The first-order valence-electron chi connectivity index (χ1n) is 10.7. The van der Waals surface area contributed by atoms with E-state index in [9.17, 15) is 14.7 Å². The second-order valence-corrected chi connectivity index (χ2v) is 8.13. The molecular weight excluding hydrogens is 456 g/mol. The van der Waals surface area contributed by atoms with Gasteiger partial charge in [-0.1, -0.05) is 13.8 Å². The molecule has 7 nitrogen and oxygen atoms in total. The Balaban J connectivity index is 1.69. The van der Waals surface area contributed by atoms with Gasteiger partial charge in [0, 0.05) is 11.8 Å². The minimum absolute atomic E-state index is 0.196. The lowest BCUT2D eigenvalue weighted by Crippen LogP contribution is -2.26. The van der Waals surface area contributed by atoms with Gasteiger partial charge in [-0.05, 0) is 72.6 Å². The lowest BCUT2D eigenvalue weighted by atomic mass is 9.99. The van der Waals surface area contributed by atoms with E-state index < -0.39 is 28.6 Å². The monoisotopic (exact) mass is 477 g/mol. The van der Waals surface area contributed by atoms with Crippen LogP contribution >= 0.6 is 0 Å². The number of rotatable bonds is 7. The minimum atomic E-state index is -3.74. The van der Waals surface area contributed by atoms with Gasteiger partial charge in [-0.3, -0.25) is 4.79 Å². The van der Waals surface area contributed by atoms with E-state index in [1.54, 1.807) is 24.3 Å². The van der Waals surface area contributed by atoms with Crippen LogP contribution in [0.1, 0.15) is 46.9 Å². The van der Waals surface area contributed by atoms with Gasteiger partial charge in [0.15, 0.2) is 0 Å². The molecule has 0 aliphatic rings. The fourth-order valence-electron chi connectivity index (χ4n) is 3.44. The Kier molecular flexibility index (Phi) is 6.42. The van der Waals surface area contributed by atoms with Crippen LogP contribution in [-0.4, -0.2) is 26.3 Å². The van der Waals surface area contributed by atoms with E-state index in [-0.39, 0.29) is 23.0 Å². The first-order valence-corrected chi connectivity index (χ1v) is 10.7. The van der Waals surface area contributed by atoms with Crippen LogP contribution in [0.25, 0.3) is 11.3 Å². The Morgan fingerprint density at radius 1 is 1.00 bits per heavy atom. The Morgan fingerprint density at radius 2 is 1.74 bits per heavy atom. The summed E-state index contributed by atoms with van der Waals surface area (Å²) in [7, 11) is 0. The van der Waals surface area contributed by atoms with Gasteiger partial charge >= 0.3 is 11.9 Å². The average molecular weight is 477 g/mol. The lowest BCUT2D eigenvalue weighted by molar-refractivity contribution is 0.0389. The van der Waals surface area contributed by atoms with Crippen LogP contribution in [0, 0.1) is 0 Å². The van der Waals surface area contributed by atoms with Gasteiger partial charge in [0.25, 0.3) is 5.56 Å². The molecule has 0 saturated heterocycles. The molecule has 0 aliphatic carbocycles. The quantitative estimate of drug-likeness (QED) is 0.360. The van der Waals surface area contributed by atoms with E-state index in [4.69, 9.17) is 4.74 Å². The lowest BCUT2D eigenvalue weighted by Gasteiger charge is -2.20. The van der Waals surface area contributed by atoms with Gasteiger partial charge in [0.2, 0.25) is 0 Å². The topological polar surface area (TPSA) is 105 Å². The number of aromatic nitrogens is 3. The number of hydrogen-bond donors (Lipinski definition) is 2. The Labute approximate surface area is 199 Å². The van der Waals surface area contributed by atoms with Crippen LogP contribution in [0.5, 0.6) is 11.5 Å². The summed E-state index contributed by atoms with van der Waals surface area (Å²) in [6.07, 6.45) is 1.25. The van der Waals surface area contributed by atoms with E-state index in [1.165, 1.54) is 12.3 Å². The van der Waals surface area contributed by atoms with Crippen molar-refractivity contribution in [1.82, 2.24) is 15.2 Å². The number of carboxylic acids is 1. The largest absolute Gasteiger partial charge is 0.478 e. The summed E-state index contributed by atoms with van der Waals surface area (Å²) >= 11 is 0. The second kappa shape index (κ2) is 9.46. The normalized spacial score (nSPS) is 11.5. The van der Waals surface area contributed by atoms with Gasteiger partial charge in [-0.2, -0.15) is 19.0 Å². The Morgan fingerprint density at radius 3 is 2.34 bits per heavy atom. The molecule has 0 spiro atoms. The average Bonchev–Trinajstić information content (AvgIpc) is 2.84. The molecule has 2 heterocycles. The molecule has 0 saturated carbocycles. The molecule has 2 aromatic carbocycles. The van der Waals surface area contributed by atoms with Crippen molar-refractivity contribution in [1.29, 1.82) is 0 Å². The van der Waals surface area contributed by atoms with Crippen molar-refractivity contribution in [2.45, 2.75) is 25.7 Å². The van der Waals surface area contributed by atoms with E-state index in [0.717, 1.165) is 35.5 Å². The van der Waals surface area contributed by atoms with Crippen molar-refractivity contribution in [3.63, 3.8) is 0 Å². The van der Waals surface area contributed by atoms with Crippen molar-refractivity contribution >= 4 is 5.97 Å². The van der Waals surface area contributed by atoms with E-state index in [1.807, 2.05) is 26.0 Å². The molecule has 2 N–H and O–H groups in total. The van der Waals surface area contributed by atoms with E-state index in [0.29, 0.717) is 5.69 Å². The zero-order chi connectivity index (χ0) is 25.2. The highest BCUT2D eigenvalue weighted by Gasteiger charge is 2.40. The number of alkyl halides is 2. The number of H-pyrrole nitrogens is 1. The maximum Gasteiger partial charge on any atom is 0.335 e. The summed E-state index contributed by atoms with van der Waals surface area (Å²) in [6, 6.07) is 15.5. The predicted octanol–water partition coefficient (Wildman–Crippen LogP) is 5.59. The Hall–Kier alpha value is -4.40. The molecule has 0 unspecified atom stereocenters. The summed E-state index contributed by atoms with van der Waals surface area (Å²) in [5.41, 5.74) is -0.397. The van der Waals surface area contributed by atoms with Gasteiger partial charge in [0.1, 0.15) is 11.5 Å². The van der Waals surface area contributed by atoms with Crippen LogP contribution in [-0.2, 0) is 5.92 Å². The summed E-state index contributed by atoms with van der Waals surface area (Å²) < 4.78 is 36.4. The summed E-state index contributed by atoms with van der Waals surface area (Å²) in [5, 5.41) is 17.7. The van der Waals surface area contributed by atoms with Crippen molar-refractivity contribution in [3.05, 3.63) is 106 Å². The summed E-state index contributed by atoms with van der Waals surface area (Å²) in [5.74, 6) is -4.99. The number of carboxylic acid groups (broad SMARTS) is 1. The van der Waals surface area contributed by atoms with E-state index >= 15 is 8.78 Å². The van der Waals surface area contributed by atoms with Crippen molar-refractivity contribution in [2.75, 3.05) is 0 Å². The molecule has 35 heavy (non-hydrogen) atoms. The Bertz CT molecular complexity index is 1420. The maximum absolute atomic E-state index is 15.4. The number of carbonyl (C=O) groups is 1. The van der Waals surface area contributed by atoms with Gasteiger partial charge < -0.3 is 14.8 Å². The van der Waals surface area contributed by atoms with Crippen molar-refractivity contribution in [3.8, 4) is 22.8 Å². The molecular formula is C26H21F2N3O4. The summed E-state index contributed by atoms with van der Waals surface area (Å²) in [4.78, 5) is 25.7. The highest BCUT2D eigenvalue weighted by atomic mass is 19.3. The third-order valence-corrected chi connectivity index (χ3v) is 5.38. The molecule has 178 valence electrons. The molecule has 0 bridgehead atoms. The van der Waals surface area contributed by atoms with Gasteiger partial charge in [-0.15, -0.1) is 0 Å². The standard InChI is InChI=1S/C26H21F2N3O4/c1-15(2)21-11-12-22(31-30-21)16-5-8-18(9-6-16)35-23-14-17(25(33)34)7-10-19(23)26(27,28)20-4-3-13-29-24(20)32/h3-15H,1-2H3,(H,29,32)(H,33,34). The third kappa shape index (κ3) is 4.93. The number of halogens is 2. The fourth-order valence-corrected chi connectivity index (χ4v) is 3.44. The minimum Gasteiger partial charge on any atom is -0.478 e. The van der Waals surface area contributed by atoms with Gasteiger partial charge in [-0.25, -0.2) is 4.79 Å². The van der Waals surface area contributed by atoms with Crippen molar-refractivity contribution < 1.29 is 23.4 Å². The number of hydrogen-bond acceptors (Lipinski definition) is 5. The van der Waals surface area contributed by atoms with Gasteiger partial charge in [0.05, 0.1) is 28.1 Å². The zero-order valence-corrected chi connectivity index (χ0v) is 18.8. The number of nitrogens with one attached hydrogen (secondary N) is 1. The van der Waals surface area contributed by atoms with Crippen molar-refractivity contribution in [2.24, 2.45) is 0 Å². The van der Waals surface area contributed by atoms with Crippen LogP contribution < -0.4 is 10.3 Å². The zero-order valence-electron chi connectivity index (χ0n) is 18.8. The number of nitrogens with zero attached hydrogens (tertiary/aromatic N) is 2. The molecule has 0 atom stereocenters. The highest BCUT2D eigenvalue weighted by Crippen LogP contribution is 2.41. The SMILES string of the molecule is CC(C)c1ccc(-c2ccc(Oc3cc(C(=O)O)ccc3C(F)(F)c3ccc[nH]c3=O)cc2)nn1. The fraction of sp³-hybridized carbons (Fsp3) is 0.154. The number of ether oxygens (including phenoxy) is 1. The molecule has 2 aromatic heterocycles. The molecule has 0 radical (unpaired) electrons. The first-order chi connectivity index (χ1) is 16.7. The highest BCUT2D eigenvalue weighted by molar-refractivity contribution is 5.88. The van der Waals surface area contributed by atoms with Crippen LogP contribution in [0.3, 0.4) is 0 Å². The second-order valence-electron chi connectivity index (χ2n) is 8.13. The summed E-state index contributed by atoms with van der Waals surface area (Å²) in [6.45, 7) is 4.03. The maximum atomic E-state index is 15.4. The number of pyridine rings is 1. The number of benzene rings is 2. The number of aromatic carboxylic acids is 1. The molecule has 9 heteroatoms. The number of aromatic amines is 1. The molecule has 4 rings (SSSR count). The molecule has 0 fully saturated rings. The first kappa shape index (κ1) is 23.7. The molecule has 0 amide bonds. The van der Waals surface area contributed by atoms with Crippen LogP contribution in [0.2, 0.25) is 0 Å². The van der Waals surface area contributed by atoms with Crippen LogP contribution in [0.4, 0.5) is 8.78 Å².